The van der Waals surface area contributed by atoms with E-state index < -0.39 is 0 Å². The first kappa shape index (κ1) is 18.5. The summed E-state index contributed by atoms with van der Waals surface area (Å²) in [6, 6.07) is 12.0. The van der Waals surface area contributed by atoms with E-state index in [4.69, 9.17) is 8.83 Å². The minimum absolute atomic E-state index is 0.265. The lowest BCUT2D eigenvalue weighted by molar-refractivity contribution is 0.0943. The fourth-order valence-corrected chi connectivity index (χ4v) is 3.23. The average molecular weight is 379 g/mol. The summed E-state index contributed by atoms with van der Waals surface area (Å²) in [6.07, 6.45) is 5.58. The van der Waals surface area contributed by atoms with Gasteiger partial charge in [-0.05, 0) is 48.9 Å². The van der Waals surface area contributed by atoms with Crippen molar-refractivity contribution >= 4 is 5.91 Å². The summed E-state index contributed by atoms with van der Waals surface area (Å²) in [6.45, 7) is 4.94. The number of hydrogen-bond acceptors (Lipinski definition) is 5. The van der Waals surface area contributed by atoms with E-state index in [1.165, 1.54) is 30.2 Å². The van der Waals surface area contributed by atoms with Gasteiger partial charge in [0.05, 0.1) is 19.4 Å². The predicted molar refractivity (Wildman–Crippen MR) is 104 cm³/mol. The van der Waals surface area contributed by atoms with E-state index in [1.807, 2.05) is 6.07 Å². The Morgan fingerprint density at radius 3 is 2.79 bits per heavy atom. The lowest BCUT2D eigenvalue weighted by Crippen LogP contribution is -2.26. The molecule has 2 heterocycles. The molecule has 1 amide bonds. The molecule has 1 fully saturated rings. The number of carbonyl (C=O) groups is 1. The number of aryl methyl sites for hydroxylation is 1. The van der Waals surface area contributed by atoms with E-state index in [-0.39, 0.29) is 5.91 Å². The molecule has 1 aliphatic rings. The van der Waals surface area contributed by atoms with Crippen LogP contribution in [0.25, 0.3) is 0 Å². The van der Waals surface area contributed by atoms with Crippen LogP contribution < -0.4 is 5.32 Å². The standard InChI is InChI=1S/C22H25N3O3/c1-16-5-2-3-6-18(16)13-25(12-17-8-9-17)14-21-24-20(15-28-21)22(26)23-11-19-7-4-10-27-19/h2-7,10,15,17H,8-9,11-14H2,1H3,(H,23,26). The summed E-state index contributed by atoms with van der Waals surface area (Å²) in [5, 5.41) is 2.79. The van der Waals surface area contributed by atoms with Gasteiger partial charge in [0.1, 0.15) is 12.0 Å². The van der Waals surface area contributed by atoms with Gasteiger partial charge in [0.15, 0.2) is 5.69 Å². The molecule has 0 saturated heterocycles. The van der Waals surface area contributed by atoms with Crippen molar-refractivity contribution in [3.63, 3.8) is 0 Å². The Morgan fingerprint density at radius 2 is 2.04 bits per heavy atom. The Labute approximate surface area is 164 Å². The van der Waals surface area contributed by atoms with Crippen LogP contribution in [0.5, 0.6) is 0 Å². The highest BCUT2D eigenvalue weighted by atomic mass is 16.3. The number of nitrogens with zero attached hydrogens (tertiary/aromatic N) is 2. The Hall–Kier alpha value is -2.86. The summed E-state index contributed by atoms with van der Waals surface area (Å²) in [5.41, 5.74) is 2.89. The normalized spacial score (nSPS) is 13.8. The number of benzene rings is 1. The minimum Gasteiger partial charge on any atom is -0.467 e. The molecule has 0 spiro atoms. The molecule has 1 aliphatic carbocycles. The highest BCUT2D eigenvalue weighted by Crippen LogP contribution is 2.31. The van der Waals surface area contributed by atoms with Crippen LogP contribution >= 0.6 is 0 Å². The molecule has 0 atom stereocenters. The van der Waals surface area contributed by atoms with E-state index in [0.29, 0.717) is 30.4 Å². The summed E-state index contributed by atoms with van der Waals surface area (Å²) < 4.78 is 10.8. The predicted octanol–water partition coefficient (Wildman–Crippen LogP) is 3.92. The quantitative estimate of drug-likeness (QED) is 0.610. The fraction of sp³-hybridized carbons (Fsp3) is 0.364. The maximum atomic E-state index is 12.3. The highest BCUT2D eigenvalue weighted by Gasteiger charge is 2.25. The molecule has 1 saturated carbocycles. The molecule has 2 aromatic heterocycles. The second-order valence-electron chi connectivity index (χ2n) is 7.43. The molecule has 28 heavy (non-hydrogen) atoms. The molecule has 1 aromatic carbocycles. The number of oxazole rings is 1. The first-order valence-electron chi connectivity index (χ1n) is 9.69. The summed E-state index contributed by atoms with van der Waals surface area (Å²) in [7, 11) is 0. The van der Waals surface area contributed by atoms with Crippen LogP contribution in [0.15, 0.2) is 57.8 Å². The topological polar surface area (TPSA) is 71.5 Å². The maximum absolute atomic E-state index is 12.3. The van der Waals surface area contributed by atoms with Gasteiger partial charge in [-0.25, -0.2) is 4.98 Å². The maximum Gasteiger partial charge on any atom is 0.273 e. The molecule has 3 aromatic rings. The van der Waals surface area contributed by atoms with Gasteiger partial charge in [-0.2, -0.15) is 0 Å². The zero-order chi connectivity index (χ0) is 19.3. The fourth-order valence-electron chi connectivity index (χ4n) is 3.23. The van der Waals surface area contributed by atoms with Crippen LogP contribution in [0.3, 0.4) is 0 Å². The summed E-state index contributed by atoms with van der Waals surface area (Å²) in [4.78, 5) is 19.0. The first-order chi connectivity index (χ1) is 13.7. The van der Waals surface area contributed by atoms with Crippen molar-refractivity contribution in [3.05, 3.63) is 77.4 Å². The van der Waals surface area contributed by atoms with Crippen molar-refractivity contribution < 1.29 is 13.6 Å². The Bertz CT molecular complexity index is 913. The van der Waals surface area contributed by atoms with Crippen LogP contribution in [0, 0.1) is 12.8 Å². The third-order valence-corrected chi connectivity index (χ3v) is 5.02. The first-order valence-corrected chi connectivity index (χ1v) is 9.69. The monoisotopic (exact) mass is 379 g/mol. The van der Waals surface area contributed by atoms with E-state index in [0.717, 1.165) is 19.0 Å². The zero-order valence-electron chi connectivity index (χ0n) is 16.1. The number of furan rings is 1. The SMILES string of the molecule is Cc1ccccc1CN(Cc1nc(C(=O)NCc2ccco2)co1)CC1CC1. The van der Waals surface area contributed by atoms with Gasteiger partial charge >= 0.3 is 0 Å². The van der Waals surface area contributed by atoms with Gasteiger partial charge in [-0.15, -0.1) is 0 Å². The van der Waals surface area contributed by atoms with Crippen LogP contribution in [-0.2, 0) is 19.6 Å². The van der Waals surface area contributed by atoms with Gasteiger partial charge in [0.25, 0.3) is 5.91 Å². The smallest absolute Gasteiger partial charge is 0.273 e. The number of rotatable bonds is 9. The summed E-state index contributed by atoms with van der Waals surface area (Å²) >= 11 is 0. The number of aromatic nitrogens is 1. The Balaban J connectivity index is 1.38. The third kappa shape index (κ3) is 4.89. The van der Waals surface area contributed by atoms with Crippen molar-refractivity contribution in [1.29, 1.82) is 0 Å². The Morgan fingerprint density at radius 1 is 1.18 bits per heavy atom. The molecular formula is C22H25N3O3. The van der Waals surface area contributed by atoms with Crippen LogP contribution in [0.4, 0.5) is 0 Å². The van der Waals surface area contributed by atoms with E-state index in [1.54, 1.807) is 12.3 Å². The number of hydrogen-bond donors (Lipinski definition) is 1. The highest BCUT2D eigenvalue weighted by molar-refractivity contribution is 5.91. The van der Waals surface area contributed by atoms with E-state index >= 15 is 0 Å². The molecule has 4 rings (SSSR count). The van der Waals surface area contributed by atoms with Crippen molar-refractivity contribution in [3.8, 4) is 0 Å². The van der Waals surface area contributed by atoms with Crippen molar-refractivity contribution in [2.75, 3.05) is 6.54 Å². The Kier molecular flexibility index (Phi) is 5.58. The van der Waals surface area contributed by atoms with Gasteiger partial charge in [0.2, 0.25) is 5.89 Å². The minimum atomic E-state index is -0.265. The lowest BCUT2D eigenvalue weighted by Gasteiger charge is -2.21. The van der Waals surface area contributed by atoms with Crippen molar-refractivity contribution in [2.24, 2.45) is 5.92 Å². The molecule has 0 aliphatic heterocycles. The number of carbonyl (C=O) groups excluding carboxylic acids is 1. The van der Waals surface area contributed by atoms with Gasteiger partial charge < -0.3 is 14.2 Å². The average Bonchev–Trinajstić information content (AvgIpc) is 3.16. The zero-order valence-corrected chi connectivity index (χ0v) is 16.1. The molecule has 0 radical (unpaired) electrons. The molecular weight excluding hydrogens is 354 g/mol. The second kappa shape index (κ2) is 8.44. The molecule has 6 nitrogen and oxygen atoms in total. The van der Waals surface area contributed by atoms with E-state index in [9.17, 15) is 4.79 Å². The molecule has 0 unspecified atom stereocenters. The lowest BCUT2D eigenvalue weighted by atomic mass is 10.1. The van der Waals surface area contributed by atoms with Gasteiger partial charge in [-0.3, -0.25) is 9.69 Å². The van der Waals surface area contributed by atoms with E-state index in [2.05, 4.69) is 46.4 Å². The number of nitrogens with one attached hydrogen (secondary N) is 1. The molecule has 146 valence electrons. The molecule has 6 heteroatoms. The third-order valence-electron chi connectivity index (χ3n) is 5.02. The molecule has 1 N–H and O–H groups in total. The van der Waals surface area contributed by atoms with Gasteiger partial charge in [-0.1, -0.05) is 24.3 Å². The second-order valence-corrected chi connectivity index (χ2v) is 7.43. The number of amides is 1. The summed E-state index contributed by atoms with van der Waals surface area (Å²) in [5.74, 6) is 1.76. The molecule has 0 bridgehead atoms. The van der Waals surface area contributed by atoms with Crippen LogP contribution in [0.2, 0.25) is 0 Å². The van der Waals surface area contributed by atoms with Crippen molar-refractivity contribution in [2.45, 2.75) is 39.4 Å². The van der Waals surface area contributed by atoms with Crippen LogP contribution in [0.1, 0.15) is 46.1 Å². The van der Waals surface area contributed by atoms with Gasteiger partial charge in [0, 0.05) is 13.1 Å². The largest absolute Gasteiger partial charge is 0.467 e. The van der Waals surface area contributed by atoms with Crippen LogP contribution in [-0.4, -0.2) is 22.3 Å². The van der Waals surface area contributed by atoms with Crippen molar-refractivity contribution in [1.82, 2.24) is 15.2 Å².